The maximum Gasteiger partial charge on any atom is 0.226 e. The highest BCUT2D eigenvalue weighted by Gasteiger charge is 2.14. The quantitative estimate of drug-likeness (QED) is 0.577. The molecule has 1 aromatic heterocycles. The van der Waals surface area contributed by atoms with Gasteiger partial charge in [0.25, 0.3) is 0 Å². The van der Waals surface area contributed by atoms with Gasteiger partial charge in [-0.15, -0.1) is 0 Å². The van der Waals surface area contributed by atoms with E-state index in [-0.39, 0.29) is 5.91 Å². The minimum absolute atomic E-state index is 0.0503. The number of hydrogen-bond acceptors (Lipinski definition) is 5. The predicted molar refractivity (Wildman–Crippen MR) is 127 cm³/mol. The van der Waals surface area contributed by atoms with Crippen molar-refractivity contribution in [3.8, 4) is 11.4 Å². The van der Waals surface area contributed by atoms with E-state index in [1.54, 1.807) is 0 Å². The molecule has 1 fully saturated rings. The fraction of sp³-hybridized carbons (Fsp3) is 0.348. The lowest BCUT2D eigenvalue weighted by Crippen LogP contribution is -2.44. The predicted octanol–water partition coefficient (Wildman–Crippen LogP) is 3.70. The smallest absolute Gasteiger partial charge is 0.226 e. The first-order valence-corrected chi connectivity index (χ1v) is 11.0. The van der Waals surface area contributed by atoms with Crippen molar-refractivity contribution < 1.29 is 4.79 Å². The van der Waals surface area contributed by atoms with Crippen molar-refractivity contribution in [1.29, 1.82) is 0 Å². The summed E-state index contributed by atoms with van der Waals surface area (Å²) in [6, 6.07) is 16.2. The van der Waals surface area contributed by atoms with Crippen molar-refractivity contribution in [3.63, 3.8) is 0 Å². The van der Waals surface area contributed by atoms with Crippen LogP contribution in [-0.2, 0) is 11.3 Å². The van der Waals surface area contributed by atoms with E-state index in [0.29, 0.717) is 17.7 Å². The Balaban J connectivity index is 1.36. The fourth-order valence-corrected chi connectivity index (χ4v) is 4.01. The Hall–Kier alpha value is -2.97. The first-order chi connectivity index (χ1) is 15.0. The van der Waals surface area contributed by atoms with E-state index in [9.17, 15) is 4.79 Å². The molecule has 3 aromatic rings. The normalized spacial score (nSPS) is 14.6. The van der Waals surface area contributed by atoms with Crippen LogP contribution in [0.5, 0.6) is 0 Å². The summed E-state index contributed by atoms with van der Waals surface area (Å²) in [5.41, 5.74) is 4.12. The van der Waals surface area contributed by atoms with Crippen LogP contribution in [0.3, 0.4) is 0 Å². The summed E-state index contributed by atoms with van der Waals surface area (Å²) in [7, 11) is 2.15. The van der Waals surface area contributed by atoms with Crippen LogP contribution < -0.4 is 10.2 Å². The van der Waals surface area contributed by atoms with Crippen LogP contribution in [0, 0.1) is 11.7 Å². The third-order valence-electron chi connectivity index (χ3n) is 5.62. The molecule has 8 heteroatoms. The van der Waals surface area contributed by atoms with Crippen molar-refractivity contribution in [1.82, 2.24) is 19.7 Å². The molecule has 0 radical (unpaired) electrons. The van der Waals surface area contributed by atoms with E-state index in [2.05, 4.69) is 50.6 Å². The van der Waals surface area contributed by atoms with Crippen molar-refractivity contribution in [2.24, 2.45) is 0 Å². The van der Waals surface area contributed by atoms with Crippen LogP contribution in [-0.4, -0.2) is 58.8 Å². The third-order valence-corrected chi connectivity index (χ3v) is 5.93. The number of piperazine rings is 1. The standard InChI is InChI=1S/C23H28N6OS/c1-17-4-3-5-18(16-17)22-25-26-23(31)29(22)11-10-21(30)24-19-6-8-20(9-7-19)28-14-12-27(2)13-15-28/h3-9,16H,10-15H2,1-2H3,(H,24,30)(H,26,31). The molecule has 1 aliphatic rings. The van der Waals surface area contributed by atoms with Crippen molar-refractivity contribution in [3.05, 3.63) is 58.9 Å². The second kappa shape index (κ2) is 9.45. The molecule has 31 heavy (non-hydrogen) atoms. The number of likely N-dealkylation sites (N-methyl/N-ethyl adjacent to an activating group) is 1. The molecule has 2 aromatic carbocycles. The highest BCUT2D eigenvalue weighted by molar-refractivity contribution is 7.71. The molecule has 2 N–H and O–H groups in total. The number of anilines is 2. The number of nitrogens with zero attached hydrogens (tertiary/aromatic N) is 4. The first kappa shape index (κ1) is 21.3. The Kier molecular flexibility index (Phi) is 6.48. The van der Waals surface area contributed by atoms with Gasteiger partial charge in [0.15, 0.2) is 10.6 Å². The number of nitrogens with one attached hydrogen (secondary N) is 2. The van der Waals surface area contributed by atoms with Crippen LogP contribution in [0.25, 0.3) is 11.4 Å². The molecule has 0 bridgehead atoms. The first-order valence-electron chi connectivity index (χ1n) is 10.6. The van der Waals surface area contributed by atoms with Gasteiger partial charge in [0.1, 0.15) is 0 Å². The zero-order chi connectivity index (χ0) is 21.8. The lowest BCUT2D eigenvalue weighted by atomic mass is 10.1. The van der Waals surface area contributed by atoms with E-state index in [1.165, 1.54) is 5.69 Å². The number of H-pyrrole nitrogens is 1. The van der Waals surface area contributed by atoms with E-state index >= 15 is 0 Å². The number of benzene rings is 2. The van der Waals surface area contributed by atoms with E-state index < -0.39 is 0 Å². The fourth-order valence-electron chi connectivity index (χ4n) is 3.79. The number of carbonyl (C=O) groups is 1. The second-order valence-corrected chi connectivity index (χ2v) is 8.40. The second-order valence-electron chi connectivity index (χ2n) is 8.01. The van der Waals surface area contributed by atoms with Crippen LogP contribution in [0.1, 0.15) is 12.0 Å². The number of rotatable bonds is 6. The molecular formula is C23H28N6OS. The summed E-state index contributed by atoms with van der Waals surface area (Å²) in [6.45, 7) is 6.69. The van der Waals surface area contributed by atoms with Gasteiger partial charge in [-0.1, -0.05) is 23.8 Å². The largest absolute Gasteiger partial charge is 0.369 e. The number of aromatic amines is 1. The van der Waals surface area contributed by atoms with E-state index in [4.69, 9.17) is 12.2 Å². The van der Waals surface area contributed by atoms with Crippen molar-refractivity contribution >= 4 is 29.5 Å². The zero-order valence-corrected chi connectivity index (χ0v) is 18.8. The highest BCUT2D eigenvalue weighted by atomic mass is 32.1. The SMILES string of the molecule is Cc1cccc(-c2n[nH]c(=S)n2CCC(=O)Nc2ccc(N3CCN(C)CC3)cc2)c1. The van der Waals surface area contributed by atoms with Gasteiger partial charge in [-0.3, -0.25) is 14.5 Å². The van der Waals surface area contributed by atoms with E-state index in [0.717, 1.165) is 48.8 Å². The van der Waals surface area contributed by atoms with Crippen LogP contribution >= 0.6 is 12.2 Å². The maximum atomic E-state index is 12.5. The van der Waals surface area contributed by atoms with Gasteiger partial charge in [0.05, 0.1) is 0 Å². The van der Waals surface area contributed by atoms with E-state index in [1.807, 2.05) is 41.8 Å². The Labute approximate surface area is 187 Å². The van der Waals surface area contributed by atoms with Gasteiger partial charge >= 0.3 is 0 Å². The van der Waals surface area contributed by atoms with Crippen molar-refractivity contribution in [2.45, 2.75) is 19.9 Å². The zero-order valence-electron chi connectivity index (χ0n) is 18.0. The van der Waals surface area contributed by atoms with Gasteiger partial charge < -0.3 is 15.1 Å². The Morgan fingerprint density at radius 2 is 1.87 bits per heavy atom. The summed E-state index contributed by atoms with van der Waals surface area (Å²) in [5, 5.41) is 10.2. The molecular weight excluding hydrogens is 408 g/mol. The molecule has 0 unspecified atom stereocenters. The van der Waals surface area contributed by atoms with Gasteiger partial charge in [-0.05, 0) is 56.5 Å². The summed E-state index contributed by atoms with van der Waals surface area (Å²) in [5.74, 6) is 0.698. The molecule has 4 rings (SSSR count). The Morgan fingerprint density at radius 1 is 1.13 bits per heavy atom. The Bertz CT molecular complexity index is 1100. The van der Waals surface area contributed by atoms with Gasteiger partial charge in [-0.2, -0.15) is 5.10 Å². The lowest BCUT2D eigenvalue weighted by Gasteiger charge is -2.34. The number of carbonyl (C=O) groups excluding carboxylic acids is 1. The Morgan fingerprint density at radius 3 is 2.58 bits per heavy atom. The summed E-state index contributed by atoms with van der Waals surface area (Å²) in [4.78, 5) is 17.2. The number of amides is 1. The summed E-state index contributed by atoms with van der Waals surface area (Å²) in [6.07, 6.45) is 0.312. The number of aryl methyl sites for hydroxylation is 1. The minimum Gasteiger partial charge on any atom is -0.369 e. The highest BCUT2D eigenvalue weighted by Crippen LogP contribution is 2.21. The van der Waals surface area contributed by atoms with Gasteiger partial charge in [0.2, 0.25) is 5.91 Å². The molecule has 0 saturated carbocycles. The molecule has 0 aliphatic carbocycles. The number of aromatic nitrogens is 3. The monoisotopic (exact) mass is 436 g/mol. The maximum absolute atomic E-state index is 12.5. The van der Waals surface area contributed by atoms with Gasteiger partial charge in [-0.25, -0.2) is 0 Å². The van der Waals surface area contributed by atoms with Crippen LogP contribution in [0.4, 0.5) is 11.4 Å². The molecule has 0 spiro atoms. The molecule has 1 saturated heterocycles. The van der Waals surface area contributed by atoms with Crippen LogP contribution in [0.2, 0.25) is 0 Å². The average Bonchev–Trinajstić information content (AvgIpc) is 3.14. The lowest BCUT2D eigenvalue weighted by molar-refractivity contribution is -0.116. The number of hydrogen-bond donors (Lipinski definition) is 2. The topological polar surface area (TPSA) is 69.2 Å². The molecule has 2 heterocycles. The minimum atomic E-state index is -0.0503. The summed E-state index contributed by atoms with van der Waals surface area (Å²) < 4.78 is 2.39. The molecule has 7 nitrogen and oxygen atoms in total. The van der Waals surface area contributed by atoms with Gasteiger partial charge in [0, 0.05) is 56.1 Å². The molecule has 1 amide bonds. The average molecular weight is 437 g/mol. The molecule has 0 atom stereocenters. The third kappa shape index (κ3) is 5.21. The molecule has 162 valence electrons. The van der Waals surface area contributed by atoms with Crippen molar-refractivity contribution in [2.75, 3.05) is 43.4 Å². The van der Waals surface area contributed by atoms with Crippen LogP contribution in [0.15, 0.2) is 48.5 Å². The summed E-state index contributed by atoms with van der Waals surface area (Å²) >= 11 is 5.38. The molecule has 1 aliphatic heterocycles.